The Kier molecular flexibility index (Phi) is 4.06. The number of hydrogen-bond donors (Lipinski definition) is 0. The topological polar surface area (TPSA) is 94.8 Å². The molecule has 25 heavy (non-hydrogen) atoms. The summed E-state index contributed by atoms with van der Waals surface area (Å²) in [5.41, 5.74) is 1.72. The Morgan fingerprint density at radius 3 is 2.92 bits per heavy atom. The summed E-state index contributed by atoms with van der Waals surface area (Å²) in [6.07, 6.45) is 2.55. The molecule has 2 aliphatic rings. The second-order valence-corrected chi connectivity index (χ2v) is 7.90. The highest BCUT2D eigenvalue weighted by molar-refractivity contribution is 7.88. The van der Waals surface area contributed by atoms with E-state index >= 15 is 0 Å². The second kappa shape index (κ2) is 6.25. The minimum atomic E-state index is -3.28. The third kappa shape index (κ3) is 3.30. The first-order chi connectivity index (χ1) is 12.0. The fraction of sp³-hybridized carbons (Fsp3) is 0.375. The zero-order valence-corrected chi connectivity index (χ0v) is 14.4. The van der Waals surface area contributed by atoms with E-state index in [1.54, 1.807) is 0 Å². The summed E-state index contributed by atoms with van der Waals surface area (Å²) in [5, 5.41) is 8.09. The fourth-order valence-corrected chi connectivity index (χ4v) is 3.62. The van der Waals surface area contributed by atoms with E-state index in [1.165, 1.54) is 10.6 Å². The smallest absolute Gasteiger partial charge is 0.247 e. The molecule has 0 radical (unpaired) electrons. The summed E-state index contributed by atoms with van der Waals surface area (Å²) < 4.78 is 41.8. The van der Waals surface area contributed by atoms with Crippen LogP contribution in [-0.2, 0) is 14.8 Å². The lowest BCUT2D eigenvalue weighted by Gasteiger charge is -2.29. The average molecular weight is 363 g/mol. The Balaban J connectivity index is 1.56. The first-order valence-corrected chi connectivity index (χ1v) is 9.68. The van der Waals surface area contributed by atoms with Gasteiger partial charge in [-0.15, -0.1) is 10.2 Å². The molecule has 1 aromatic heterocycles. The number of hydrogen-bond acceptors (Lipinski definition) is 7. The molecule has 0 amide bonds. The third-order valence-corrected chi connectivity index (χ3v) is 5.39. The Bertz CT molecular complexity index is 921. The van der Waals surface area contributed by atoms with Crippen LogP contribution in [0.2, 0.25) is 0 Å². The molecule has 1 aromatic carbocycles. The number of para-hydroxylation sites is 1. The summed E-state index contributed by atoms with van der Waals surface area (Å²) in [5.74, 6) is 1.43. The van der Waals surface area contributed by atoms with Crippen LogP contribution in [0.15, 0.2) is 28.7 Å². The molecule has 4 rings (SSSR count). The van der Waals surface area contributed by atoms with Gasteiger partial charge in [-0.25, -0.2) is 8.42 Å². The summed E-state index contributed by atoms with van der Waals surface area (Å²) in [7, 11) is -3.28. The normalized spacial score (nSPS) is 21.3. The lowest BCUT2D eigenvalue weighted by Crippen LogP contribution is -2.41. The lowest BCUT2D eigenvalue weighted by molar-refractivity contribution is -0.0173. The molecule has 9 heteroatoms. The summed E-state index contributed by atoms with van der Waals surface area (Å²) >= 11 is 0. The molecule has 132 valence electrons. The SMILES string of the molecule is CS(=O)(=O)N1CCOC(c2nnc(C3=Cc4ccccc4OC3)o2)C1. The minimum absolute atomic E-state index is 0.166. The summed E-state index contributed by atoms with van der Waals surface area (Å²) in [6.45, 7) is 1.11. The van der Waals surface area contributed by atoms with Gasteiger partial charge in [0.05, 0.1) is 18.4 Å². The van der Waals surface area contributed by atoms with E-state index in [0.717, 1.165) is 16.9 Å². The van der Waals surface area contributed by atoms with E-state index < -0.39 is 16.1 Å². The van der Waals surface area contributed by atoms with E-state index in [2.05, 4.69) is 10.2 Å². The molecule has 1 fully saturated rings. The van der Waals surface area contributed by atoms with Crippen LogP contribution >= 0.6 is 0 Å². The van der Waals surface area contributed by atoms with Crippen molar-refractivity contribution in [2.45, 2.75) is 6.10 Å². The Morgan fingerprint density at radius 1 is 1.24 bits per heavy atom. The number of rotatable bonds is 3. The maximum Gasteiger partial charge on any atom is 0.247 e. The molecule has 0 bridgehead atoms. The summed E-state index contributed by atoms with van der Waals surface area (Å²) in [4.78, 5) is 0. The van der Waals surface area contributed by atoms with Crippen molar-refractivity contribution in [3.63, 3.8) is 0 Å². The number of benzene rings is 1. The van der Waals surface area contributed by atoms with Crippen molar-refractivity contribution in [2.75, 3.05) is 32.6 Å². The molecule has 0 saturated carbocycles. The quantitative estimate of drug-likeness (QED) is 0.812. The van der Waals surface area contributed by atoms with Crippen molar-refractivity contribution >= 4 is 21.7 Å². The number of morpholine rings is 1. The van der Waals surface area contributed by atoms with Crippen LogP contribution in [0.3, 0.4) is 0 Å². The molecule has 0 aliphatic carbocycles. The van der Waals surface area contributed by atoms with E-state index in [1.807, 2.05) is 30.3 Å². The third-order valence-electron chi connectivity index (χ3n) is 4.12. The Morgan fingerprint density at radius 2 is 2.08 bits per heavy atom. The molecular weight excluding hydrogens is 346 g/mol. The molecule has 2 aliphatic heterocycles. The Hall–Kier alpha value is -2.23. The van der Waals surface area contributed by atoms with Gasteiger partial charge < -0.3 is 13.9 Å². The lowest BCUT2D eigenvalue weighted by atomic mass is 10.1. The van der Waals surface area contributed by atoms with Gasteiger partial charge in [0, 0.05) is 18.7 Å². The second-order valence-electron chi connectivity index (χ2n) is 5.92. The van der Waals surface area contributed by atoms with Gasteiger partial charge in [0.2, 0.25) is 21.8 Å². The summed E-state index contributed by atoms with van der Waals surface area (Å²) in [6, 6.07) is 7.68. The van der Waals surface area contributed by atoms with Crippen LogP contribution in [0.4, 0.5) is 0 Å². The zero-order valence-electron chi connectivity index (χ0n) is 13.6. The first-order valence-electron chi connectivity index (χ1n) is 7.83. The van der Waals surface area contributed by atoms with Gasteiger partial charge in [-0.3, -0.25) is 0 Å². The van der Waals surface area contributed by atoms with Crippen LogP contribution in [0.1, 0.15) is 23.4 Å². The van der Waals surface area contributed by atoms with Crippen LogP contribution < -0.4 is 4.74 Å². The van der Waals surface area contributed by atoms with Gasteiger partial charge in [0.1, 0.15) is 18.5 Å². The van der Waals surface area contributed by atoms with Gasteiger partial charge >= 0.3 is 0 Å². The minimum Gasteiger partial charge on any atom is -0.488 e. The highest BCUT2D eigenvalue weighted by Crippen LogP contribution is 2.31. The van der Waals surface area contributed by atoms with Gasteiger partial charge in [-0.1, -0.05) is 18.2 Å². The fourth-order valence-electron chi connectivity index (χ4n) is 2.81. The Labute approximate surface area is 145 Å². The van der Waals surface area contributed by atoms with Crippen LogP contribution in [0.25, 0.3) is 11.6 Å². The maximum absolute atomic E-state index is 11.7. The van der Waals surface area contributed by atoms with Crippen molar-refractivity contribution in [3.8, 4) is 5.75 Å². The van der Waals surface area contributed by atoms with Crippen molar-refractivity contribution in [2.24, 2.45) is 0 Å². The molecule has 1 unspecified atom stereocenters. The van der Waals surface area contributed by atoms with Gasteiger partial charge in [-0.05, 0) is 12.1 Å². The average Bonchev–Trinajstić information content (AvgIpc) is 3.11. The van der Waals surface area contributed by atoms with Crippen molar-refractivity contribution < 1.29 is 22.3 Å². The van der Waals surface area contributed by atoms with E-state index in [-0.39, 0.29) is 19.0 Å². The molecule has 0 spiro atoms. The molecule has 1 atom stereocenters. The van der Waals surface area contributed by atoms with Crippen molar-refractivity contribution in [1.29, 1.82) is 0 Å². The number of ether oxygens (including phenoxy) is 2. The van der Waals surface area contributed by atoms with Gasteiger partial charge in [-0.2, -0.15) is 4.31 Å². The molecular formula is C16H17N3O5S. The number of aromatic nitrogens is 2. The van der Waals surface area contributed by atoms with Crippen LogP contribution in [-0.4, -0.2) is 55.5 Å². The monoisotopic (exact) mass is 363 g/mol. The highest BCUT2D eigenvalue weighted by atomic mass is 32.2. The van der Waals surface area contributed by atoms with Gasteiger partial charge in [0.25, 0.3) is 0 Å². The molecule has 3 heterocycles. The molecule has 2 aromatic rings. The molecule has 0 N–H and O–H groups in total. The van der Waals surface area contributed by atoms with Gasteiger partial charge in [0.15, 0.2) is 0 Å². The maximum atomic E-state index is 11.7. The predicted molar refractivity (Wildman–Crippen MR) is 89.2 cm³/mol. The van der Waals surface area contributed by atoms with E-state index in [9.17, 15) is 8.42 Å². The standard InChI is InChI=1S/C16H17N3O5S/c1-25(20,21)19-6-7-22-14(9-19)16-18-17-15(24-16)12-8-11-4-2-3-5-13(11)23-10-12/h2-5,8,14H,6-7,9-10H2,1H3. The van der Waals surface area contributed by atoms with Crippen molar-refractivity contribution in [3.05, 3.63) is 41.6 Å². The first kappa shape index (κ1) is 16.2. The molecule has 8 nitrogen and oxygen atoms in total. The van der Waals surface area contributed by atoms with Crippen LogP contribution in [0, 0.1) is 0 Å². The van der Waals surface area contributed by atoms with E-state index in [0.29, 0.717) is 19.0 Å². The predicted octanol–water partition coefficient (Wildman–Crippen LogP) is 1.34. The highest BCUT2D eigenvalue weighted by Gasteiger charge is 2.31. The van der Waals surface area contributed by atoms with E-state index in [4.69, 9.17) is 13.9 Å². The largest absolute Gasteiger partial charge is 0.488 e. The number of sulfonamides is 1. The molecule has 1 saturated heterocycles. The van der Waals surface area contributed by atoms with Crippen molar-refractivity contribution in [1.82, 2.24) is 14.5 Å². The zero-order chi connectivity index (χ0) is 17.4. The number of nitrogens with zero attached hydrogens (tertiary/aromatic N) is 3. The number of fused-ring (bicyclic) bond motifs is 1. The van der Waals surface area contributed by atoms with Crippen LogP contribution in [0.5, 0.6) is 5.75 Å².